The van der Waals surface area contributed by atoms with Crippen molar-refractivity contribution in [2.45, 2.75) is 63.7 Å². The van der Waals surface area contributed by atoms with E-state index < -0.39 is 39.2 Å². The van der Waals surface area contributed by atoms with Crippen molar-refractivity contribution < 1.29 is 35.3 Å². The summed E-state index contributed by atoms with van der Waals surface area (Å²) in [6.45, 7) is 4.61. The summed E-state index contributed by atoms with van der Waals surface area (Å²) in [4.78, 5) is 12.0. The zero-order valence-corrected chi connectivity index (χ0v) is 12.9. The predicted molar refractivity (Wildman–Crippen MR) is 67.7 cm³/mol. The van der Waals surface area contributed by atoms with Gasteiger partial charge in [-0.3, -0.25) is 0 Å². The molecule has 0 aliphatic heterocycles. The van der Waals surface area contributed by atoms with E-state index in [2.05, 4.69) is 4.18 Å². The number of carbonyl (C=O) groups excluding carboxylic acids is 1. The van der Waals surface area contributed by atoms with Crippen LogP contribution in [0.4, 0.5) is 13.2 Å². The van der Waals surface area contributed by atoms with Crippen LogP contribution in [0.5, 0.6) is 0 Å². The van der Waals surface area contributed by atoms with Crippen LogP contribution >= 0.6 is 0 Å². The Morgan fingerprint density at radius 3 is 2.00 bits per heavy atom. The largest absolute Gasteiger partial charge is 0.523 e. The number of ether oxygens (including phenoxy) is 1. The zero-order chi connectivity index (χ0) is 16.5. The molecular weight excluding hydrogens is 313 g/mol. The van der Waals surface area contributed by atoms with Crippen LogP contribution in [-0.4, -0.2) is 31.6 Å². The van der Waals surface area contributed by atoms with Crippen molar-refractivity contribution in [1.82, 2.24) is 0 Å². The molecule has 5 nitrogen and oxygen atoms in total. The Balaban J connectivity index is 2.96. The number of rotatable bonds is 4. The summed E-state index contributed by atoms with van der Waals surface area (Å²) < 4.78 is 68.7. The number of esters is 1. The van der Waals surface area contributed by atoms with Crippen LogP contribution < -0.4 is 0 Å². The van der Waals surface area contributed by atoms with Crippen LogP contribution in [-0.2, 0) is 23.8 Å². The van der Waals surface area contributed by atoms with Gasteiger partial charge in [0.25, 0.3) is 0 Å². The average Bonchev–Trinajstić information content (AvgIpc) is 2.74. The topological polar surface area (TPSA) is 69.7 Å². The SMILES string of the molecule is CC(C)(C)OC(=O)[C@H](OS(=O)(=O)C(F)(F)F)C1CCCC1. The van der Waals surface area contributed by atoms with Gasteiger partial charge in [-0.05, 0) is 39.5 Å². The Kier molecular flexibility index (Phi) is 5.31. The van der Waals surface area contributed by atoms with Crippen LogP contribution in [0.25, 0.3) is 0 Å². The van der Waals surface area contributed by atoms with Gasteiger partial charge in [-0.15, -0.1) is 0 Å². The fourth-order valence-electron chi connectivity index (χ4n) is 2.12. The van der Waals surface area contributed by atoms with Gasteiger partial charge in [-0.25, -0.2) is 8.98 Å². The molecule has 9 heteroatoms. The van der Waals surface area contributed by atoms with Crippen LogP contribution in [0.1, 0.15) is 46.5 Å². The second-order valence-corrected chi connectivity index (χ2v) is 7.56. The van der Waals surface area contributed by atoms with E-state index in [1.807, 2.05) is 0 Å². The minimum absolute atomic E-state index is 0.428. The van der Waals surface area contributed by atoms with Crippen LogP contribution in [0, 0.1) is 5.92 Å². The van der Waals surface area contributed by atoms with E-state index >= 15 is 0 Å². The Labute approximate surface area is 121 Å². The number of hydrogen-bond donors (Lipinski definition) is 0. The lowest BCUT2D eigenvalue weighted by Crippen LogP contribution is -2.41. The Morgan fingerprint density at radius 1 is 1.14 bits per heavy atom. The number of carbonyl (C=O) groups is 1. The molecule has 0 unspecified atom stereocenters. The molecule has 1 saturated carbocycles. The summed E-state index contributed by atoms with van der Waals surface area (Å²) >= 11 is 0. The lowest BCUT2D eigenvalue weighted by atomic mass is 10.0. The molecule has 21 heavy (non-hydrogen) atoms. The first-order chi connectivity index (χ1) is 9.33. The van der Waals surface area contributed by atoms with Gasteiger partial charge in [-0.2, -0.15) is 21.6 Å². The molecule has 0 radical (unpaired) electrons. The Bertz CT molecular complexity index is 472. The second-order valence-electron chi connectivity index (χ2n) is 5.99. The van der Waals surface area contributed by atoms with Crippen molar-refractivity contribution in [2.75, 3.05) is 0 Å². The highest BCUT2D eigenvalue weighted by atomic mass is 32.2. The van der Waals surface area contributed by atoms with E-state index in [1.165, 1.54) is 20.8 Å². The van der Waals surface area contributed by atoms with Gasteiger partial charge in [0, 0.05) is 0 Å². The molecule has 1 aliphatic rings. The molecule has 0 aromatic heterocycles. The molecule has 1 fully saturated rings. The summed E-state index contributed by atoms with van der Waals surface area (Å²) in [5.41, 5.74) is -6.51. The fourth-order valence-corrected chi connectivity index (χ4v) is 2.74. The Morgan fingerprint density at radius 2 is 1.62 bits per heavy atom. The first-order valence-electron chi connectivity index (χ1n) is 6.56. The van der Waals surface area contributed by atoms with Crippen LogP contribution in [0.3, 0.4) is 0 Å². The standard InChI is InChI=1S/C12H19F3O5S/c1-11(2,3)19-10(16)9(8-6-4-5-7-8)20-21(17,18)12(13,14)15/h8-9H,4-7H2,1-3H3/t9-/m1/s1. The number of hydrogen-bond acceptors (Lipinski definition) is 5. The highest BCUT2D eigenvalue weighted by molar-refractivity contribution is 7.87. The van der Waals surface area contributed by atoms with E-state index in [0.717, 1.165) is 0 Å². The predicted octanol–water partition coefficient (Wildman–Crippen LogP) is 2.75. The fraction of sp³-hybridized carbons (Fsp3) is 0.917. The van der Waals surface area contributed by atoms with E-state index in [1.54, 1.807) is 0 Å². The third-order valence-electron chi connectivity index (χ3n) is 2.98. The summed E-state index contributed by atoms with van der Waals surface area (Å²) in [5.74, 6) is -1.67. The summed E-state index contributed by atoms with van der Waals surface area (Å²) in [6.07, 6.45) is 0.520. The van der Waals surface area contributed by atoms with Crippen molar-refractivity contribution in [2.24, 2.45) is 5.92 Å². The highest BCUT2D eigenvalue weighted by Crippen LogP contribution is 2.34. The molecule has 1 rings (SSSR count). The summed E-state index contributed by atoms with van der Waals surface area (Å²) in [5, 5.41) is 0. The van der Waals surface area contributed by atoms with E-state index in [-0.39, 0.29) is 0 Å². The molecule has 0 heterocycles. The second kappa shape index (κ2) is 6.12. The average molecular weight is 332 g/mol. The molecule has 0 spiro atoms. The third kappa shape index (κ3) is 5.14. The number of alkyl halides is 3. The maximum atomic E-state index is 12.4. The molecule has 1 atom stereocenters. The lowest BCUT2D eigenvalue weighted by Gasteiger charge is -2.26. The van der Waals surface area contributed by atoms with Gasteiger partial charge in [0.2, 0.25) is 0 Å². The van der Waals surface area contributed by atoms with Gasteiger partial charge in [0.15, 0.2) is 6.10 Å². The molecule has 0 bridgehead atoms. The number of halogens is 3. The summed E-state index contributed by atoms with van der Waals surface area (Å²) in [6, 6.07) is 0. The van der Waals surface area contributed by atoms with E-state index in [4.69, 9.17) is 4.74 Å². The smallest absolute Gasteiger partial charge is 0.458 e. The molecule has 124 valence electrons. The monoisotopic (exact) mass is 332 g/mol. The van der Waals surface area contributed by atoms with E-state index in [9.17, 15) is 26.4 Å². The van der Waals surface area contributed by atoms with E-state index in [0.29, 0.717) is 25.7 Å². The van der Waals surface area contributed by atoms with Crippen molar-refractivity contribution in [1.29, 1.82) is 0 Å². The van der Waals surface area contributed by atoms with Gasteiger partial charge < -0.3 is 4.74 Å². The van der Waals surface area contributed by atoms with Gasteiger partial charge in [0.05, 0.1) is 0 Å². The van der Waals surface area contributed by atoms with Crippen LogP contribution in [0.2, 0.25) is 0 Å². The minimum atomic E-state index is -5.84. The van der Waals surface area contributed by atoms with Crippen molar-refractivity contribution in [3.05, 3.63) is 0 Å². The molecule has 0 aromatic rings. The first kappa shape index (κ1) is 18.2. The van der Waals surface area contributed by atoms with Gasteiger partial charge >= 0.3 is 21.6 Å². The van der Waals surface area contributed by atoms with Gasteiger partial charge in [0.1, 0.15) is 5.60 Å². The maximum absolute atomic E-state index is 12.4. The molecular formula is C12H19F3O5S. The zero-order valence-electron chi connectivity index (χ0n) is 12.1. The molecule has 0 saturated heterocycles. The molecule has 0 amide bonds. The Hall–Kier alpha value is -0.830. The maximum Gasteiger partial charge on any atom is 0.523 e. The normalized spacial score (nSPS) is 19.5. The highest BCUT2D eigenvalue weighted by Gasteiger charge is 2.51. The van der Waals surface area contributed by atoms with Crippen molar-refractivity contribution in [3.8, 4) is 0 Å². The molecule has 0 aromatic carbocycles. The lowest BCUT2D eigenvalue weighted by molar-refractivity contribution is -0.166. The quantitative estimate of drug-likeness (QED) is 0.450. The molecule has 1 aliphatic carbocycles. The van der Waals surface area contributed by atoms with Crippen molar-refractivity contribution in [3.63, 3.8) is 0 Å². The van der Waals surface area contributed by atoms with Crippen LogP contribution in [0.15, 0.2) is 0 Å². The van der Waals surface area contributed by atoms with Crippen molar-refractivity contribution >= 4 is 16.1 Å². The minimum Gasteiger partial charge on any atom is -0.458 e. The summed E-state index contributed by atoms with van der Waals surface area (Å²) in [7, 11) is -5.84. The first-order valence-corrected chi connectivity index (χ1v) is 7.97. The third-order valence-corrected chi connectivity index (χ3v) is 4.01. The molecule has 0 N–H and O–H groups in total. The van der Waals surface area contributed by atoms with Gasteiger partial charge in [-0.1, -0.05) is 12.8 Å².